The van der Waals surface area contributed by atoms with Crippen LogP contribution in [0.25, 0.3) is 150 Å². The number of benzene rings is 12. The Bertz CT molecular complexity index is 4960. The molecule has 0 unspecified atom stereocenters. The van der Waals surface area contributed by atoms with Crippen molar-refractivity contribution in [1.29, 1.82) is 0 Å². The summed E-state index contributed by atoms with van der Waals surface area (Å²) < 4.78 is 7.24. The Morgan fingerprint density at radius 2 is 0.556 bits per heavy atom. The van der Waals surface area contributed by atoms with Crippen LogP contribution in [-0.4, -0.2) is 28.7 Å². The van der Waals surface area contributed by atoms with E-state index in [-0.39, 0.29) is 0 Å². The molecule has 0 amide bonds. The van der Waals surface area contributed by atoms with Crippen molar-refractivity contribution in [3.8, 4) is 84.6 Å². The van der Waals surface area contributed by atoms with Crippen LogP contribution in [0.4, 0.5) is 0 Å². The lowest BCUT2D eigenvalue weighted by atomic mass is 9.96. The largest absolute Gasteiger partial charge is 0.309 e. The van der Waals surface area contributed by atoms with Gasteiger partial charge < -0.3 is 13.7 Å². The van der Waals surface area contributed by atoms with Gasteiger partial charge in [-0.25, -0.2) is 15.0 Å². The molecule has 0 N–H and O–H groups in total. The first-order valence-corrected chi connectivity index (χ1v) is 27.5. The number of hydrogen-bond donors (Lipinski definition) is 0. The molecule has 0 bridgehead atoms. The minimum atomic E-state index is 0.626. The summed E-state index contributed by atoms with van der Waals surface area (Å²) in [5.74, 6) is 1.90. The van der Waals surface area contributed by atoms with Crippen molar-refractivity contribution in [2.45, 2.75) is 0 Å². The summed E-state index contributed by atoms with van der Waals surface area (Å²) in [6.07, 6.45) is 0. The fourth-order valence-corrected chi connectivity index (χ4v) is 12.3. The number of aromatic nitrogens is 6. The molecule has 0 saturated heterocycles. The van der Waals surface area contributed by atoms with Gasteiger partial charge in [0.15, 0.2) is 17.5 Å². The molecule has 4 aromatic heterocycles. The van der Waals surface area contributed by atoms with E-state index in [1.165, 1.54) is 60.0 Å². The van der Waals surface area contributed by atoms with Gasteiger partial charge >= 0.3 is 0 Å². The van der Waals surface area contributed by atoms with Crippen LogP contribution >= 0.6 is 0 Å². The van der Waals surface area contributed by atoms with E-state index in [1.807, 2.05) is 60.7 Å². The maximum absolute atomic E-state index is 5.02. The Morgan fingerprint density at radius 1 is 0.198 bits per heavy atom. The van der Waals surface area contributed by atoms with E-state index in [0.29, 0.717) is 17.5 Å². The molecule has 0 aliphatic carbocycles. The van der Waals surface area contributed by atoms with Gasteiger partial charge in [-0.1, -0.05) is 212 Å². The maximum atomic E-state index is 5.02. The van der Waals surface area contributed by atoms with Gasteiger partial charge in [0.1, 0.15) is 0 Å². The number of para-hydroxylation sites is 5. The van der Waals surface area contributed by atoms with E-state index in [4.69, 9.17) is 15.0 Å². The second-order valence-corrected chi connectivity index (χ2v) is 20.8. The Kier molecular flexibility index (Phi) is 10.8. The molecule has 0 saturated carbocycles. The van der Waals surface area contributed by atoms with Crippen LogP contribution in [0.5, 0.6) is 0 Å². The third-order valence-electron chi connectivity index (χ3n) is 16.1. The molecular weight excluding hydrogens is 985 g/mol. The third-order valence-corrected chi connectivity index (χ3v) is 16.1. The lowest BCUT2D eigenvalue weighted by molar-refractivity contribution is 1.07. The van der Waals surface area contributed by atoms with Crippen molar-refractivity contribution in [2.24, 2.45) is 0 Å². The van der Waals surface area contributed by atoms with E-state index >= 15 is 0 Å². The van der Waals surface area contributed by atoms with Gasteiger partial charge in [-0.2, -0.15) is 0 Å². The first kappa shape index (κ1) is 46.2. The van der Waals surface area contributed by atoms with E-state index in [1.54, 1.807) is 0 Å². The Morgan fingerprint density at radius 3 is 1.12 bits per heavy atom. The molecule has 12 aromatic carbocycles. The molecule has 0 aliphatic heterocycles. The quantitative estimate of drug-likeness (QED) is 0.145. The summed E-state index contributed by atoms with van der Waals surface area (Å²) in [6.45, 7) is 0. The third kappa shape index (κ3) is 7.76. The standard InChI is InChI=1S/C75H48N6/c1-4-18-51(19-5-1)73-76-74(52-20-6-2-7-21-52)78-75(77-73)53-34-32-49(33-35-53)54-39-44-70(81-68-30-16-11-24-59(68)60-25-12-17-31-69(60)81)64(46-54)50-36-41-58(42-37-50)80-66-28-14-10-26-61(66)63-43-38-56(48-72(63)80)55-40-45-71-65(47-55)62-27-13-15-29-67(62)79(71)57-22-8-3-9-23-57/h1-48H. The van der Waals surface area contributed by atoms with Crippen LogP contribution in [0.15, 0.2) is 291 Å². The molecule has 0 aliphatic rings. The van der Waals surface area contributed by atoms with Crippen LogP contribution in [0.1, 0.15) is 0 Å². The summed E-state index contributed by atoms with van der Waals surface area (Å²) in [7, 11) is 0. The fraction of sp³-hybridized carbons (Fsp3) is 0. The van der Waals surface area contributed by atoms with E-state index in [0.717, 1.165) is 72.6 Å². The van der Waals surface area contributed by atoms with E-state index < -0.39 is 0 Å². The predicted octanol–water partition coefficient (Wildman–Crippen LogP) is 19.2. The molecule has 16 aromatic rings. The molecule has 0 fully saturated rings. The van der Waals surface area contributed by atoms with Crippen molar-refractivity contribution >= 4 is 65.4 Å². The molecule has 0 spiro atoms. The van der Waals surface area contributed by atoms with Crippen LogP contribution < -0.4 is 0 Å². The maximum Gasteiger partial charge on any atom is 0.164 e. The minimum Gasteiger partial charge on any atom is -0.309 e. The van der Waals surface area contributed by atoms with Crippen LogP contribution in [0.3, 0.4) is 0 Å². The summed E-state index contributed by atoms with van der Waals surface area (Å²) in [6, 6.07) is 105. The molecule has 6 heteroatoms. The highest BCUT2D eigenvalue weighted by Gasteiger charge is 2.20. The first-order chi connectivity index (χ1) is 40.2. The van der Waals surface area contributed by atoms with Crippen molar-refractivity contribution < 1.29 is 0 Å². The Hall–Kier alpha value is -11.0. The van der Waals surface area contributed by atoms with Crippen molar-refractivity contribution in [2.75, 3.05) is 0 Å². The predicted molar refractivity (Wildman–Crippen MR) is 335 cm³/mol. The van der Waals surface area contributed by atoms with Gasteiger partial charge in [0.2, 0.25) is 0 Å². The molecular formula is C75H48N6. The van der Waals surface area contributed by atoms with Gasteiger partial charge in [0.25, 0.3) is 0 Å². The van der Waals surface area contributed by atoms with Crippen LogP contribution in [-0.2, 0) is 0 Å². The average Bonchev–Trinajstić information content (AvgIpc) is 4.10. The topological polar surface area (TPSA) is 53.5 Å². The Labute approximate surface area is 467 Å². The zero-order chi connectivity index (χ0) is 53.4. The van der Waals surface area contributed by atoms with Gasteiger partial charge in [0, 0.05) is 65.9 Å². The number of hydrogen-bond acceptors (Lipinski definition) is 3. The molecule has 0 radical (unpaired) electrons. The summed E-state index contributed by atoms with van der Waals surface area (Å²) >= 11 is 0. The number of nitrogens with zero attached hydrogens (tertiary/aromatic N) is 6. The monoisotopic (exact) mass is 1030 g/mol. The van der Waals surface area contributed by atoms with Crippen LogP contribution in [0.2, 0.25) is 0 Å². The lowest BCUT2D eigenvalue weighted by Gasteiger charge is -2.17. The van der Waals surface area contributed by atoms with E-state index in [9.17, 15) is 0 Å². The zero-order valence-corrected chi connectivity index (χ0v) is 43.9. The zero-order valence-electron chi connectivity index (χ0n) is 43.9. The highest BCUT2D eigenvalue weighted by molar-refractivity contribution is 6.13. The number of fused-ring (bicyclic) bond motifs is 9. The second kappa shape index (κ2) is 18.9. The summed E-state index contributed by atoms with van der Waals surface area (Å²) in [4.78, 5) is 15.0. The van der Waals surface area contributed by atoms with Gasteiger partial charge in [-0.3, -0.25) is 0 Å². The number of rotatable bonds is 9. The molecule has 81 heavy (non-hydrogen) atoms. The molecule has 6 nitrogen and oxygen atoms in total. The normalized spacial score (nSPS) is 11.7. The summed E-state index contributed by atoms with van der Waals surface area (Å²) in [5.41, 5.74) is 20.0. The van der Waals surface area contributed by atoms with E-state index in [2.05, 4.69) is 244 Å². The molecule has 378 valence electrons. The molecule has 4 heterocycles. The highest BCUT2D eigenvalue weighted by atomic mass is 15.0. The van der Waals surface area contributed by atoms with Gasteiger partial charge in [-0.05, 0) is 107 Å². The Balaban J connectivity index is 0.816. The van der Waals surface area contributed by atoms with Crippen molar-refractivity contribution in [1.82, 2.24) is 28.7 Å². The molecule has 16 rings (SSSR count). The first-order valence-electron chi connectivity index (χ1n) is 27.5. The van der Waals surface area contributed by atoms with Gasteiger partial charge in [-0.15, -0.1) is 0 Å². The second-order valence-electron chi connectivity index (χ2n) is 20.8. The average molecular weight is 1030 g/mol. The minimum absolute atomic E-state index is 0.626. The fourth-order valence-electron chi connectivity index (χ4n) is 12.3. The van der Waals surface area contributed by atoms with Crippen LogP contribution in [0, 0.1) is 0 Å². The smallest absolute Gasteiger partial charge is 0.164 e. The van der Waals surface area contributed by atoms with Gasteiger partial charge in [0.05, 0.1) is 38.8 Å². The lowest BCUT2D eigenvalue weighted by Crippen LogP contribution is -2.00. The highest BCUT2D eigenvalue weighted by Crippen LogP contribution is 2.42. The van der Waals surface area contributed by atoms with Crippen molar-refractivity contribution in [3.05, 3.63) is 291 Å². The van der Waals surface area contributed by atoms with Crippen molar-refractivity contribution in [3.63, 3.8) is 0 Å². The molecule has 0 atom stereocenters. The summed E-state index contributed by atoms with van der Waals surface area (Å²) in [5, 5.41) is 7.37. The SMILES string of the molecule is c1ccc(-c2nc(-c3ccccc3)nc(-c3ccc(-c4ccc(-n5c6ccccc6c6ccccc65)c(-c5ccc(-n6c7ccccc7c7ccc(-c8ccc9c(c8)c8ccccc8n9-c8ccccc8)cc76)cc5)c4)cc3)n2)cc1.